The maximum atomic E-state index is 11.0. The van der Waals surface area contributed by atoms with Crippen LogP contribution in [0.4, 0.5) is 0 Å². The first-order valence-electron chi connectivity index (χ1n) is 4.99. The van der Waals surface area contributed by atoms with Crippen molar-refractivity contribution in [2.45, 2.75) is 30.6 Å². The van der Waals surface area contributed by atoms with E-state index in [1.807, 2.05) is 24.3 Å². The molecule has 0 heterocycles. The molecule has 82 valence electrons. The summed E-state index contributed by atoms with van der Waals surface area (Å²) in [7, 11) is 1.42. The summed E-state index contributed by atoms with van der Waals surface area (Å²) < 4.78 is 4.60. The topological polar surface area (TPSA) is 26.3 Å². The molecule has 0 saturated heterocycles. The predicted octanol–water partition coefficient (Wildman–Crippen LogP) is 3.03. The van der Waals surface area contributed by atoms with Crippen molar-refractivity contribution < 1.29 is 9.53 Å². The van der Waals surface area contributed by atoms with Gasteiger partial charge in [-0.1, -0.05) is 19.1 Å². The van der Waals surface area contributed by atoms with Crippen LogP contribution in [0.5, 0.6) is 0 Å². The lowest BCUT2D eigenvalue weighted by molar-refractivity contribution is -0.140. The molecule has 0 amide bonds. The first kappa shape index (κ1) is 12.1. The van der Waals surface area contributed by atoms with Gasteiger partial charge in [-0.25, -0.2) is 0 Å². The molecular formula is C12H16O2S. The van der Waals surface area contributed by atoms with Crippen molar-refractivity contribution in [2.24, 2.45) is 0 Å². The number of ether oxygens (including phenoxy) is 1. The summed E-state index contributed by atoms with van der Waals surface area (Å²) in [6, 6.07) is 8.02. The Morgan fingerprint density at radius 2 is 2.00 bits per heavy atom. The van der Waals surface area contributed by atoms with Gasteiger partial charge in [0.1, 0.15) is 0 Å². The van der Waals surface area contributed by atoms with Crippen molar-refractivity contribution >= 4 is 18.6 Å². The smallest absolute Gasteiger partial charge is 0.305 e. The molecular weight excluding hydrogens is 208 g/mol. The molecule has 0 radical (unpaired) electrons. The highest BCUT2D eigenvalue weighted by Gasteiger charge is 2.08. The Hall–Kier alpha value is -0.960. The van der Waals surface area contributed by atoms with Gasteiger partial charge in [-0.15, -0.1) is 12.6 Å². The second-order valence-electron chi connectivity index (χ2n) is 3.61. The molecule has 1 atom stereocenters. The molecule has 0 aliphatic heterocycles. The second kappa shape index (κ2) is 5.81. The van der Waals surface area contributed by atoms with Crippen molar-refractivity contribution in [3.63, 3.8) is 0 Å². The van der Waals surface area contributed by atoms with Crippen LogP contribution in [-0.2, 0) is 9.53 Å². The van der Waals surface area contributed by atoms with Crippen LogP contribution in [0.15, 0.2) is 29.2 Å². The number of carbonyl (C=O) groups excluding carboxylic acids is 1. The fourth-order valence-electron chi connectivity index (χ4n) is 1.41. The van der Waals surface area contributed by atoms with Crippen LogP contribution in [0.25, 0.3) is 0 Å². The summed E-state index contributed by atoms with van der Waals surface area (Å²) >= 11 is 4.23. The van der Waals surface area contributed by atoms with Crippen LogP contribution in [0.1, 0.15) is 31.2 Å². The fourth-order valence-corrected chi connectivity index (χ4v) is 1.56. The van der Waals surface area contributed by atoms with E-state index in [0.29, 0.717) is 12.3 Å². The van der Waals surface area contributed by atoms with Gasteiger partial charge in [-0.05, 0) is 30.0 Å². The van der Waals surface area contributed by atoms with Crippen LogP contribution < -0.4 is 0 Å². The molecule has 0 aromatic heterocycles. The van der Waals surface area contributed by atoms with Crippen molar-refractivity contribution in [3.05, 3.63) is 29.8 Å². The fraction of sp³-hybridized carbons (Fsp3) is 0.417. The molecule has 1 aromatic carbocycles. The van der Waals surface area contributed by atoms with Gasteiger partial charge in [-0.2, -0.15) is 0 Å². The normalized spacial score (nSPS) is 12.2. The lowest BCUT2D eigenvalue weighted by Gasteiger charge is -2.10. The molecule has 3 heteroatoms. The third-order valence-electron chi connectivity index (χ3n) is 2.47. The molecule has 0 unspecified atom stereocenters. The Labute approximate surface area is 96.1 Å². The zero-order chi connectivity index (χ0) is 11.3. The van der Waals surface area contributed by atoms with E-state index in [1.54, 1.807) is 0 Å². The number of carbonyl (C=O) groups is 1. The largest absolute Gasteiger partial charge is 0.469 e. The molecule has 2 nitrogen and oxygen atoms in total. The van der Waals surface area contributed by atoms with Crippen LogP contribution in [0, 0.1) is 0 Å². The van der Waals surface area contributed by atoms with Gasteiger partial charge in [0.2, 0.25) is 0 Å². The molecule has 15 heavy (non-hydrogen) atoms. The van der Waals surface area contributed by atoms with Gasteiger partial charge in [0, 0.05) is 11.3 Å². The van der Waals surface area contributed by atoms with Crippen molar-refractivity contribution in [1.82, 2.24) is 0 Å². The van der Waals surface area contributed by atoms with Crippen molar-refractivity contribution in [2.75, 3.05) is 7.11 Å². The Morgan fingerprint density at radius 3 is 2.53 bits per heavy atom. The quantitative estimate of drug-likeness (QED) is 0.628. The monoisotopic (exact) mass is 224 g/mol. The minimum absolute atomic E-state index is 0.146. The summed E-state index contributed by atoms with van der Waals surface area (Å²) in [6.45, 7) is 2.11. The van der Waals surface area contributed by atoms with Gasteiger partial charge < -0.3 is 4.74 Å². The Morgan fingerprint density at radius 1 is 1.40 bits per heavy atom. The average molecular weight is 224 g/mol. The molecule has 0 aliphatic rings. The number of hydrogen-bond donors (Lipinski definition) is 1. The van der Waals surface area contributed by atoms with E-state index in [4.69, 9.17) is 0 Å². The first-order valence-corrected chi connectivity index (χ1v) is 5.44. The standard InChI is InChI=1S/C12H16O2S/c1-9(3-8-12(13)14-2)10-4-6-11(15)7-5-10/h4-7,9,15H,3,8H2,1-2H3/t9-/m0/s1. The highest BCUT2D eigenvalue weighted by atomic mass is 32.1. The van der Waals surface area contributed by atoms with Gasteiger partial charge in [0.05, 0.1) is 7.11 Å². The summed E-state index contributed by atoms with van der Waals surface area (Å²) in [5.41, 5.74) is 1.23. The Kier molecular flexibility index (Phi) is 4.69. The van der Waals surface area contributed by atoms with E-state index in [-0.39, 0.29) is 5.97 Å². The minimum Gasteiger partial charge on any atom is -0.469 e. The van der Waals surface area contributed by atoms with Crippen LogP contribution in [0.3, 0.4) is 0 Å². The van der Waals surface area contributed by atoms with Gasteiger partial charge in [0.25, 0.3) is 0 Å². The third kappa shape index (κ3) is 3.96. The van der Waals surface area contributed by atoms with Gasteiger partial charge >= 0.3 is 5.97 Å². The van der Waals surface area contributed by atoms with E-state index in [9.17, 15) is 4.79 Å². The molecule has 0 aliphatic carbocycles. The molecule has 0 bridgehead atoms. The average Bonchev–Trinajstić information content (AvgIpc) is 2.26. The number of methoxy groups -OCH3 is 1. The van der Waals surface area contributed by atoms with Crippen LogP contribution >= 0.6 is 12.6 Å². The Balaban J connectivity index is 2.50. The SMILES string of the molecule is COC(=O)CC[C@H](C)c1ccc(S)cc1. The molecule has 1 rings (SSSR count). The van der Waals surface area contributed by atoms with Gasteiger partial charge in [-0.3, -0.25) is 4.79 Å². The summed E-state index contributed by atoms with van der Waals surface area (Å²) in [6.07, 6.45) is 1.29. The summed E-state index contributed by atoms with van der Waals surface area (Å²) in [4.78, 5) is 11.9. The Bertz CT molecular complexity index is 319. The van der Waals surface area contributed by atoms with E-state index < -0.39 is 0 Å². The van der Waals surface area contributed by atoms with E-state index in [1.165, 1.54) is 12.7 Å². The zero-order valence-corrected chi connectivity index (χ0v) is 9.96. The zero-order valence-electron chi connectivity index (χ0n) is 9.06. The lowest BCUT2D eigenvalue weighted by Crippen LogP contribution is -2.03. The van der Waals surface area contributed by atoms with Crippen LogP contribution in [-0.4, -0.2) is 13.1 Å². The number of thiol groups is 1. The number of esters is 1. The van der Waals surface area contributed by atoms with Crippen LogP contribution in [0.2, 0.25) is 0 Å². The van der Waals surface area contributed by atoms with Gasteiger partial charge in [0.15, 0.2) is 0 Å². The molecule has 0 fully saturated rings. The van der Waals surface area contributed by atoms with E-state index in [2.05, 4.69) is 24.3 Å². The van der Waals surface area contributed by atoms with Crippen molar-refractivity contribution in [1.29, 1.82) is 0 Å². The predicted molar refractivity (Wildman–Crippen MR) is 63.4 cm³/mol. The summed E-state index contributed by atoms with van der Waals surface area (Å²) in [5, 5.41) is 0. The summed E-state index contributed by atoms with van der Waals surface area (Å²) in [5.74, 6) is 0.227. The third-order valence-corrected chi connectivity index (χ3v) is 2.77. The molecule has 1 aromatic rings. The molecule has 0 N–H and O–H groups in total. The number of rotatable bonds is 4. The highest BCUT2D eigenvalue weighted by molar-refractivity contribution is 7.80. The maximum absolute atomic E-state index is 11.0. The number of hydrogen-bond acceptors (Lipinski definition) is 3. The lowest BCUT2D eigenvalue weighted by atomic mass is 9.96. The second-order valence-corrected chi connectivity index (χ2v) is 4.12. The number of benzene rings is 1. The minimum atomic E-state index is -0.146. The van der Waals surface area contributed by atoms with E-state index in [0.717, 1.165) is 11.3 Å². The molecule has 0 spiro atoms. The maximum Gasteiger partial charge on any atom is 0.305 e. The van der Waals surface area contributed by atoms with E-state index >= 15 is 0 Å². The molecule has 0 saturated carbocycles. The van der Waals surface area contributed by atoms with Crippen molar-refractivity contribution in [3.8, 4) is 0 Å². The highest BCUT2D eigenvalue weighted by Crippen LogP contribution is 2.21. The first-order chi connectivity index (χ1) is 7.13.